The van der Waals surface area contributed by atoms with Gasteiger partial charge in [-0.15, -0.1) is 0 Å². The molecule has 1 atom stereocenters. The van der Waals surface area contributed by atoms with Gasteiger partial charge in [0, 0.05) is 19.7 Å². The maximum absolute atomic E-state index is 11.7. The fourth-order valence-electron chi connectivity index (χ4n) is 2.00. The van der Waals surface area contributed by atoms with Crippen molar-refractivity contribution in [3.05, 3.63) is 0 Å². The Morgan fingerprint density at radius 3 is 2.65 bits per heavy atom. The van der Waals surface area contributed by atoms with E-state index >= 15 is 0 Å². The molecule has 1 fully saturated rings. The highest BCUT2D eigenvalue weighted by Crippen LogP contribution is 2.16. The van der Waals surface area contributed by atoms with Crippen LogP contribution in [0, 0.1) is 5.92 Å². The first-order chi connectivity index (χ1) is 8.05. The van der Waals surface area contributed by atoms with E-state index in [9.17, 15) is 8.42 Å². The number of ether oxygens (including phenoxy) is 1. The largest absolute Gasteiger partial charge is 0.383 e. The minimum absolute atomic E-state index is 0.0304. The van der Waals surface area contributed by atoms with Crippen LogP contribution < -0.4 is 14.8 Å². The molecule has 7 heteroatoms. The Morgan fingerprint density at radius 2 is 2.06 bits per heavy atom. The van der Waals surface area contributed by atoms with Crippen molar-refractivity contribution in [1.82, 2.24) is 14.8 Å². The number of hydrogen-bond acceptors (Lipinski definition) is 4. The lowest BCUT2D eigenvalue weighted by molar-refractivity contribution is 0.204. The third-order valence-corrected chi connectivity index (χ3v) is 4.30. The molecule has 0 bridgehead atoms. The van der Waals surface area contributed by atoms with Crippen LogP contribution >= 0.6 is 0 Å². The third-order valence-electron chi connectivity index (χ3n) is 3.03. The molecule has 1 unspecified atom stereocenters. The Kier molecular flexibility index (Phi) is 6.35. The molecule has 0 spiro atoms. The molecule has 0 aromatic heterocycles. The zero-order valence-electron chi connectivity index (χ0n) is 10.5. The Hall–Kier alpha value is -0.210. The molecule has 0 aromatic carbocycles. The summed E-state index contributed by atoms with van der Waals surface area (Å²) in [6.07, 6.45) is 2.03. The number of methoxy groups -OCH3 is 1. The Labute approximate surface area is 104 Å². The molecule has 17 heavy (non-hydrogen) atoms. The van der Waals surface area contributed by atoms with Gasteiger partial charge in [-0.05, 0) is 38.8 Å². The van der Waals surface area contributed by atoms with Crippen molar-refractivity contribution in [1.29, 1.82) is 0 Å². The van der Waals surface area contributed by atoms with Crippen LogP contribution in [0.4, 0.5) is 0 Å². The van der Waals surface area contributed by atoms with Crippen LogP contribution in [0.25, 0.3) is 0 Å². The summed E-state index contributed by atoms with van der Waals surface area (Å²) in [5.41, 5.74) is 0. The highest BCUT2D eigenvalue weighted by atomic mass is 32.2. The smallest absolute Gasteiger partial charge is 0.277 e. The predicted molar refractivity (Wildman–Crippen MR) is 67.0 cm³/mol. The summed E-state index contributed by atoms with van der Waals surface area (Å²) in [6.45, 7) is 4.53. The molecule has 0 amide bonds. The fraction of sp³-hybridized carbons (Fsp3) is 1.00. The van der Waals surface area contributed by atoms with Crippen molar-refractivity contribution in [2.24, 2.45) is 5.92 Å². The molecule has 0 saturated carbocycles. The molecular formula is C10H23N3O3S. The maximum atomic E-state index is 11.7. The molecule has 1 aliphatic rings. The molecule has 3 N–H and O–H groups in total. The molecule has 0 aromatic rings. The van der Waals surface area contributed by atoms with Crippen molar-refractivity contribution >= 4 is 10.2 Å². The summed E-state index contributed by atoms with van der Waals surface area (Å²) in [4.78, 5) is 0. The van der Waals surface area contributed by atoms with Crippen molar-refractivity contribution in [2.45, 2.75) is 25.8 Å². The van der Waals surface area contributed by atoms with Gasteiger partial charge in [0.2, 0.25) is 0 Å². The highest BCUT2D eigenvalue weighted by Gasteiger charge is 2.23. The lowest BCUT2D eigenvalue weighted by Gasteiger charge is -2.28. The number of rotatable bonds is 7. The molecule has 0 aliphatic carbocycles. The van der Waals surface area contributed by atoms with Crippen LogP contribution in [0.3, 0.4) is 0 Å². The average molecular weight is 265 g/mol. The molecule has 1 rings (SSSR count). The first-order valence-electron chi connectivity index (χ1n) is 6.02. The monoisotopic (exact) mass is 265 g/mol. The Bertz CT molecular complexity index is 302. The second-order valence-electron chi connectivity index (χ2n) is 4.38. The summed E-state index contributed by atoms with van der Waals surface area (Å²) in [7, 11) is -1.86. The third kappa shape index (κ3) is 5.78. The van der Waals surface area contributed by atoms with E-state index in [0.29, 0.717) is 19.1 Å². The summed E-state index contributed by atoms with van der Waals surface area (Å²) in [6, 6.07) is -0.0304. The number of hydrogen-bond donors (Lipinski definition) is 3. The van der Waals surface area contributed by atoms with Gasteiger partial charge in [0.15, 0.2) is 0 Å². The molecule has 1 aliphatic heterocycles. The highest BCUT2D eigenvalue weighted by molar-refractivity contribution is 7.87. The molecule has 6 nitrogen and oxygen atoms in total. The van der Waals surface area contributed by atoms with Gasteiger partial charge in [0.1, 0.15) is 0 Å². The fourth-order valence-corrected chi connectivity index (χ4v) is 3.12. The zero-order valence-corrected chi connectivity index (χ0v) is 11.3. The zero-order chi connectivity index (χ0) is 12.7. The van der Waals surface area contributed by atoms with Gasteiger partial charge in [0.05, 0.1) is 6.61 Å². The normalized spacial score (nSPS) is 20.4. The van der Waals surface area contributed by atoms with E-state index in [2.05, 4.69) is 14.8 Å². The van der Waals surface area contributed by atoms with E-state index in [4.69, 9.17) is 4.74 Å². The average Bonchev–Trinajstić information content (AvgIpc) is 2.30. The topological polar surface area (TPSA) is 79.5 Å². The van der Waals surface area contributed by atoms with Crippen molar-refractivity contribution in [3.8, 4) is 0 Å². The molecule has 0 radical (unpaired) electrons. The van der Waals surface area contributed by atoms with Crippen LogP contribution in [0.15, 0.2) is 0 Å². The minimum atomic E-state index is -3.40. The maximum Gasteiger partial charge on any atom is 0.277 e. The van der Waals surface area contributed by atoms with Crippen LogP contribution in [0.5, 0.6) is 0 Å². The molecular weight excluding hydrogens is 242 g/mol. The van der Waals surface area contributed by atoms with Crippen LogP contribution in [0.1, 0.15) is 19.8 Å². The van der Waals surface area contributed by atoms with Gasteiger partial charge in [-0.25, -0.2) is 0 Å². The SMILES string of the molecule is COCCNS(=O)(=O)NC(C)C1CCNCC1. The lowest BCUT2D eigenvalue weighted by Crippen LogP contribution is -2.47. The van der Waals surface area contributed by atoms with E-state index < -0.39 is 10.2 Å². The van der Waals surface area contributed by atoms with E-state index in [1.807, 2.05) is 6.92 Å². The van der Waals surface area contributed by atoms with Crippen LogP contribution in [-0.2, 0) is 14.9 Å². The summed E-state index contributed by atoms with van der Waals surface area (Å²) >= 11 is 0. The quantitative estimate of drug-likeness (QED) is 0.539. The van der Waals surface area contributed by atoms with Crippen molar-refractivity contribution in [2.75, 3.05) is 33.4 Å². The summed E-state index contributed by atoms with van der Waals surface area (Å²) < 4.78 is 33.2. The second kappa shape index (κ2) is 7.27. The standard InChI is InChI=1S/C10H23N3O3S/c1-9(10-3-5-11-6-4-10)13-17(14,15)12-7-8-16-2/h9-13H,3-8H2,1-2H3. The first kappa shape index (κ1) is 14.8. The summed E-state index contributed by atoms with van der Waals surface area (Å²) in [5.74, 6) is 0.412. The molecule has 1 saturated heterocycles. The minimum Gasteiger partial charge on any atom is -0.383 e. The predicted octanol–water partition coefficient (Wildman–Crippen LogP) is -0.555. The Morgan fingerprint density at radius 1 is 1.41 bits per heavy atom. The van der Waals surface area contributed by atoms with Gasteiger partial charge in [-0.2, -0.15) is 17.9 Å². The van der Waals surface area contributed by atoms with E-state index in [0.717, 1.165) is 25.9 Å². The van der Waals surface area contributed by atoms with E-state index in [-0.39, 0.29) is 6.04 Å². The first-order valence-corrected chi connectivity index (χ1v) is 7.50. The number of piperidine rings is 1. The number of nitrogens with one attached hydrogen (secondary N) is 3. The molecule has 1 heterocycles. The van der Waals surface area contributed by atoms with Gasteiger partial charge in [0.25, 0.3) is 10.2 Å². The van der Waals surface area contributed by atoms with E-state index in [1.165, 1.54) is 0 Å². The van der Waals surface area contributed by atoms with Crippen molar-refractivity contribution < 1.29 is 13.2 Å². The Balaban J connectivity index is 2.34. The summed E-state index contributed by atoms with van der Waals surface area (Å²) in [5, 5.41) is 3.26. The second-order valence-corrected chi connectivity index (χ2v) is 5.92. The van der Waals surface area contributed by atoms with Gasteiger partial charge >= 0.3 is 0 Å². The van der Waals surface area contributed by atoms with E-state index in [1.54, 1.807) is 7.11 Å². The van der Waals surface area contributed by atoms with Crippen LogP contribution in [-0.4, -0.2) is 47.8 Å². The lowest BCUT2D eigenvalue weighted by atomic mass is 9.92. The van der Waals surface area contributed by atoms with Gasteiger partial charge in [-0.3, -0.25) is 0 Å². The van der Waals surface area contributed by atoms with Gasteiger partial charge in [-0.1, -0.05) is 0 Å². The van der Waals surface area contributed by atoms with Gasteiger partial charge < -0.3 is 10.1 Å². The van der Waals surface area contributed by atoms with Crippen molar-refractivity contribution in [3.63, 3.8) is 0 Å². The van der Waals surface area contributed by atoms with Crippen LogP contribution in [0.2, 0.25) is 0 Å². The molecule has 102 valence electrons.